The lowest BCUT2D eigenvalue weighted by Crippen LogP contribution is -2.41. The van der Waals surface area contributed by atoms with E-state index in [0.29, 0.717) is 6.54 Å². The van der Waals surface area contributed by atoms with E-state index >= 15 is 0 Å². The van der Waals surface area contributed by atoms with Gasteiger partial charge >= 0.3 is 6.18 Å². The van der Waals surface area contributed by atoms with Gasteiger partial charge in [-0.05, 0) is 43.0 Å². The van der Waals surface area contributed by atoms with Crippen molar-refractivity contribution in [2.75, 3.05) is 6.54 Å². The predicted molar refractivity (Wildman–Crippen MR) is 73.7 cm³/mol. The molecule has 1 aliphatic carbocycles. The molecule has 0 radical (unpaired) electrons. The number of hydrogen-bond donors (Lipinski definition) is 2. The van der Waals surface area contributed by atoms with Gasteiger partial charge in [0.2, 0.25) is 0 Å². The Morgan fingerprint density at radius 2 is 1.81 bits per heavy atom. The van der Waals surface area contributed by atoms with Gasteiger partial charge in [0.15, 0.2) is 0 Å². The van der Waals surface area contributed by atoms with E-state index in [1.54, 1.807) is 0 Å². The second kappa shape index (κ2) is 6.47. The number of alkyl halides is 3. The molecule has 6 heteroatoms. The first-order valence-corrected chi connectivity index (χ1v) is 7.09. The highest BCUT2D eigenvalue weighted by molar-refractivity contribution is 5.94. The summed E-state index contributed by atoms with van der Waals surface area (Å²) >= 11 is 0. The molecule has 116 valence electrons. The van der Waals surface area contributed by atoms with Crippen LogP contribution in [0.15, 0.2) is 24.3 Å². The van der Waals surface area contributed by atoms with Crippen molar-refractivity contribution < 1.29 is 18.0 Å². The minimum Gasteiger partial charge on any atom is -0.352 e. The largest absolute Gasteiger partial charge is 0.416 e. The number of rotatable bonds is 3. The van der Waals surface area contributed by atoms with Crippen LogP contribution in [0, 0.1) is 5.92 Å². The van der Waals surface area contributed by atoms with Crippen LogP contribution in [0.3, 0.4) is 0 Å². The SMILES string of the molecule is NC1CCCCC1CNC(=O)c1ccc(C(F)(F)F)cc1. The molecule has 2 atom stereocenters. The normalized spacial score (nSPS) is 22.9. The summed E-state index contributed by atoms with van der Waals surface area (Å²) in [5, 5.41) is 2.76. The van der Waals surface area contributed by atoms with E-state index in [-0.39, 0.29) is 23.4 Å². The molecular weight excluding hydrogens is 281 g/mol. The topological polar surface area (TPSA) is 55.1 Å². The van der Waals surface area contributed by atoms with Gasteiger partial charge in [-0.1, -0.05) is 12.8 Å². The Kier molecular flexibility index (Phi) is 4.88. The standard InChI is InChI=1S/C15H19F3N2O/c16-15(17,18)12-7-5-10(6-8-12)14(21)20-9-11-3-1-2-4-13(11)19/h5-8,11,13H,1-4,9,19H2,(H,20,21). The number of hydrogen-bond acceptors (Lipinski definition) is 2. The summed E-state index contributed by atoms with van der Waals surface area (Å²) in [5.41, 5.74) is 5.47. The Bertz CT molecular complexity index is 485. The predicted octanol–water partition coefficient (Wildman–Crippen LogP) is 2.95. The lowest BCUT2D eigenvalue weighted by atomic mass is 9.85. The molecule has 0 aromatic heterocycles. The molecule has 1 saturated carbocycles. The lowest BCUT2D eigenvalue weighted by Gasteiger charge is -2.28. The van der Waals surface area contributed by atoms with Crippen LogP contribution in [0.2, 0.25) is 0 Å². The third-order valence-electron chi connectivity index (χ3n) is 3.97. The minimum atomic E-state index is -4.39. The maximum absolute atomic E-state index is 12.4. The van der Waals surface area contributed by atoms with Crippen LogP contribution in [-0.2, 0) is 6.18 Å². The van der Waals surface area contributed by atoms with Crippen molar-refractivity contribution in [3.63, 3.8) is 0 Å². The smallest absolute Gasteiger partial charge is 0.352 e. The summed E-state index contributed by atoms with van der Waals surface area (Å²) in [6.07, 6.45) is -0.224. The summed E-state index contributed by atoms with van der Waals surface area (Å²) in [4.78, 5) is 11.9. The van der Waals surface area contributed by atoms with Crippen LogP contribution >= 0.6 is 0 Å². The fourth-order valence-electron chi connectivity index (χ4n) is 2.63. The second-order valence-electron chi connectivity index (χ2n) is 5.49. The van der Waals surface area contributed by atoms with Crippen molar-refractivity contribution in [1.82, 2.24) is 5.32 Å². The molecule has 1 fully saturated rings. The van der Waals surface area contributed by atoms with Crippen molar-refractivity contribution >= 4 is 5.91 Å². The Hall–Kier alpha value is -1.56. The van der Waals surface area contributed by atoms with E-state index in [1.165, 1.54) is 12.1 Å². The average molecular weight is 300 g/mol. The average Bonchev–Trinajstić information content (AvgIpc) is 2.45. The molecule has 0 aliphatic heterocycles. The van der Waals surface area contributed by atoms with Gasteiger partial charge in [-0.2, -0.15) is 13.2 Å². The van der Waals surface area contributed by atoms with Crippen LogP contribution in [0.5, 0.6) is 0 Å². The fraction of sp³-hybridized carbons (Fsp3) is 0.533. The van der Waals surface area contributed by atoms with Crippen molar-refractivity contribution in [2.45, 2.75) is 37.9 Å². The summed E-state index contributed by atoms with van der Waals surface area (Å²) in [5.74, 6) is -0.112. The zero-order chi connectivity index (χ0) is 15.5. The van der Waals surface area contributed by atoms with Gasteiger partial charge in [0, 0.05) is 18.2 Å². The Balaban J connectivity index is 1.91. The maximum atomic E-state index is 12.4. The maximum Gasteiger partial charge on any atom is 0.416 e. The number of nitrogens with one attached hydrogen (secondary N) is 1. The summed E-state index contributed by atoms with van der Waals surface area (Å²) in [6, 6.07) is 4.31. The molecule has 1 amide bonds. The summed E-state index contributed by atoms with van der Waals surface area (Å²) in [7, 11) is 0. The number of carbonyl (C=O) groups is 1. The van der Waals surface area contributed by atoms with Gasteiger partial charge in [0.1, 0.15) is 0 Å². The molecule has 2 rings (SSSR count). The Morgan fingerprint density at radius 3 is 2.38 bits per heavy atom. The van der Waals surface area contributed by atoms with Crippen LogP contribution in [-0.4, -0.2) is 18.5 Å². The molecule has 3 N–H and O–H groups in total. The van der Waals surface area contributed by atoms with Crippen LogP contribution in [0.1, 0.15) is 41.6 Å². The number of benzene rings is 1. The molecule has 2 unspecified atom stereocenters. The molecule has 0 bridgehead atoms. The molecular formula is C15H19F3N2O. The van der Waals surface area contributed by atoms with E-state index in [4.69, 9.17) is 5.73 Å². The van der Waals surface area contributed by atoms with E-state index in [1.807, 2.05) is 0 Å². The highest BCUT2D eigenvalue weighted by Crippen LogP contribution is 2.29. The monoisotopic (exact) mass is 300 g/mol. The first-order chi connectivity index (χ1) is 9.88. The van der Waals surface area contributed by atoms with Crippen LogP contribution < -0.4 is 11.1 Å². The summed E-state index contributed by atoms with van der Waals surface area (Å²) < 4.78 is 37.3. The van der Waals surface area contributed by atoms with E-state index in [2.05, 4.69) is 5.32 Å². The molecule has 1 aromatic rings. The van der Waals surface area contributed by atoms with Gasteiger partial charge < -0.3 is 11.1 Å². The zero-order valence-electron chi connectivity index (χ0n) is 11.6. The Morgan fingerprint density at radius 1 is 1.19 bits per heavy atom. The first kappa shape index (κ1) is 15.8. The molecule has 21 heavy (non-hydrogen) atoms. The Labute approximate surface area is 121 Å². The molecule has 3 nitrogen and oxygen atoms in total. The van der Waals surface area contributed by atoms with Gasteiger partial charge in [-0.15, -0.1) is 0 Å². The van der Waals surface area contributed by atoms with Crippen molar-refractivity contribution in [1.29, 1.82) is 0 Å². The first-order valence-electron chi connectivity index (χ1n) is 7.09. The van der Waals surface area contributed by atoms with Crippen LogP contribution in [0.4, 0.5) is 13.2 Å². The third kappa shape index (κ3) is 4.20. The van der Waals surface area contributed by atoms with Crippen molar-refractivity contribution in [2.24, 2.45) is 11.7 Å². The molecule has 1 aromatic carbocycles. The second-order valence-corrected chi connectivity index (χ2v) is 5.49. The zero-order valence-corrected chi connectivity index (χ0v) is 11.6. The molecule has 0 heterocycles. The van der Waals surface area contributed by atoms with Crippen LogP contribution in [0.25, 0.3) is 0 Å². The lowest BCUT2D eigenvalue weighted by molar-refractivity contribution is -0.137. The highest BCUT2D eigenvalue weighted by Gasteiger charge is 2.30. The minimum absolute atomic E-state index is 0.0895. The van der Waals surface area contributed by atoms with E-state index < -0.39 is 11.7 Å². The number of amides is 1. The molecule has 0 saturated heterocycles. The van der Waals surface area contributed by atoms with Gasteiger partial charge in [-0.25, -0.2) is 0 Å². The molecule has 1 aliphatic rings. The highest BCUT2D eigenvalue weighted by atomic mass is 19.4. The number of halogens is 3. The number of nitrogens with two attached hydrogens (primary N) is 1. The summed E-state index contributed by atoms with van der Waals surface area (Å²) in [6.45, 7) is 0.473. The van der Waals surface area contributed by atoms with E-state index in [9.17, 15) is 18.0 Å². The number of carbonyl (C=O) groups excluding carboxylic acids is 1. The third-order valence-corrected chi connectivity index (χ3v) is 3.97. The van der Waals surface area contributed by atoms with E-state index in [0.717, 1.165) is 37.8 Å². The quantitative estimate of drug-likeness (QED) is 0.901. The van der Waals surface area contributed by atoms with Gasteiger partial charge in [0.25, 0.3) is 5.91 Å². The molecule has 0 spiro atoms. The van der Waals surface area contributed by atoms with Gasteiger partial charge in [0.05, 0.1) is 5.56 Å². The van der Waals surface area contributed by atoms with Gasteiger partial charge in [-0.3, -0.25) is 4.79 Å². The van der Waals surface area contributed by atoms with Crippen molar-refractivity contribution in [3.05, 3.63) is 35.4 Å². The fourth-order valence-corrected chi connectivity index (χ4v) is 2.63. The van der Waals surface area contributed by atoms with Crippen molar-refractivity contribution in [3.8, 4) is 0 Å².